The van der Waals surface area contributed by atoms with Gasteiger partial charge in [-0.1, -0.05) is 11.6 Å². The molecule has 0 spiro atoms. The van der Waals surface area contributed by atoms with E-state index in [1.165, 1.54) is 5.57 Å². The first-order chi connectivity index (χ1) is 11.3. The van der Waals surface area contributed by atoms with Gasteiger partial charge in [0.15, 0.2) is 0 Å². The molecule has 1 aromatic rings. The summed E-state index contributed by atoms with van der Waals surface area (Å²) >= 11 is 0. The van der Waals surface area contributed by atoms with Gasteiger partial charge < -0.3 is 14.9 Å². The zero-order valence-corrected chi connectivity index (χ0v) is 15.3. The zero-order valence-electron chi connectivity index (χ0n) is 15.3. The van der Waals surface area contributed by atoms with Crippen molar-refractivity contribution in [1.29, 1.82) is 0 Å². The number of ether oxygens (including phenoxy) is 1. The summed E-state index contributed by atoms with van der Waals surface area (Å²) in [5, 5.41) is 19.7. The van der Waals surface area contributed by atoms with Crippen molar-refractivity contribution in [3.8, 4) is 11.5 Å². The van der Waals surface area contributed by atoms with E-state index in [0.29, 0.717) is 0 Å². The van der Waals surface area contributed by atoms with E-state index in [1.807, 2.05) is 18.2 Å². The Balaban J connectivity index is 2.11. The average Bonchev–Trinajstić information content (AvgIpc) is 2.45. The van der Waals surface area contributed by atoms with Crippen molar-refractivity contribution >= 4 is 6.08 Å². The molecule has 1 aromatic carbocycles. The lowest BCUT2D eigenvalue weighted by molar-refractivity contribution is 0.128. The van der Waals surface area contributed by atoms with E-state index < -0.39 is 0 Å². The van der Waals surface area contributed by atoms with Gasteiger partial charge in [0, 0.05) is 0 Å². The highest BCUT2D eigenvalue weighted by atomic mass is 16.5. The maximum Gasteiger partial charge on any atom is 0.131 e. The summed E-state index contributed by atoms with van der Waals surface area (Å²) in [4.78, 5) is 0. The fourth-order valence-corrected chi connectivity index (χ4v) is 2.99. The van der Waals surface area contributed by atoms with Gasteiger partial charge >= 0.3 is 0 Å². The Bertz CT molecular complexity index is 624. The topological polar surface area (TPSA) is 49.7 Å². The summed E-state index contributed by atoms with van der Waals surface area (Å²) < 4.78 is 6.22. The fraction of sp³-hybridized carbons (Fsp3) is 0.524. The number of aromatic hydroxyl groups is 1. The first-order valence-electron chi connectivity index (χ1n) is 8.85. The highest BCUT2D eigenvalue weighted by Crippen LogP contribution is 2.39. The van der Waals surface area contributed by atoms with Crippen LogP contribution in [0.15, 0.2) is 29.9 Å². The second-order valence-electron chi connectivity index (χ2n) is 7.34. The lowest BCUT2D eigenvalue weighted by Gasteiger charge is -2.32. The van der Waals surface area contributed by atoms with Gasteiger partial charge in [0.05, 0.1) is 11.7 Å². The minimum Gasteiger partial charge on any atom is -0.507 e. The number of phenols is 1. The number of aliphatic hydroxyl groups is 1. The Labute approximate surface area is 145 Å². The average molecular weight is 330 g/mol. The van der Waals surface area contributed by atoms with E-state index in [-0.39, 0.29) is 17.5 Å². The molecule has 0 aliphatic carbocycles. The molecule has 3 heteroatoms. The molecule has 0 bridgehead atoms. The summed E-state index contributed by atoms with van der Waals surface area (Å²) in [6.45, 7) is 8.10. The maximum atomic E-state index is 10.3. The van der Waals surface area contributed by atoms with E-state index in [2.05, 4.69) is 26.8 Å². The van der Waals surface area contributed by atoms with Crippen LogP contribution in [0, 0.1) is 0 Å². The van der Waals surface area contributed by atoms with Crippen molar-refractivity contribution in [2.45, 2.75) is 71.5 Å². The Kier molecular flexibility index (Phi) is 6.11. The van der Waals surface area contributed by atoms with Crippen molar-refractivity contribution in [3.05, 3.63) is 41.0 Å². The summed E-state index contributed by atoms with van der Waals surface area (Å²) in [5.74, 6) is 1.02. The van der Waals surface area contributed by atoms with Gasteiger partial charge in [-0.2, -0.15) is 0 Å². The van der Waals surface area contributed by atoms with Crippen molar-refractivity contribution < 1.29 is 14.9 Å². The molecule has 0 amide bonds. The molecule has 0 saturated carbocycles. The molecule has 24 heavy (non-hydrogen) atoms. The number of benzene rings is 1. The third-order valence-corrected chi connectivity index (χ3v) is 4.41. The number of rotatable bonds is 7. The predicted octanol–water partition coefficient (Wildman–Crippen LogP) is 5.01. The minimum atomic E-state index is -0.344. The molecule has 0 saturated heterocycles. The van der Waals surface area contributed by atoms with E-state index in [9.17, 15) is 10.2 Å². The minimum absolute atomic E-state index is 0.266. The zero-order chi connectivity index (χ0) is 17.7. The Morgan fingerprint density at radius 1 is 1.33 bits per heavy atom. The van der Waals surface area contributed by atoms with Gasteiger partial charge in [-0.25, -0.2) is 0 Å². The Morgan fingerprint density at radius 3 is 2.75 bits per heavy atom. The molecule has 3 nitrogen and oxygen atoms in total. The first kappa shape index (κ1) is 18.6. The molecular weight excluding hydrogens is 300 g/mol. The van der Waals surface area contributed by atoms with Crippen LogP contribution in [0.2, 0.25) is 0 Å². The lowest BCUT2D eigenvalue weighted by atomic mass is 9.93. The molecule has 1 heterocycles. The van der Waals surface area contributed by atoms with Gasteiger partial charge in [0.2, 0.25) is 0 Å². The smallest absolute Gasteiger partial charge is 0.131 e. The summed E-state index contributed by atoms with van der Waals surface area (Å²) in [6, 6.07) is 3.83. The second-order valence-corrected chi connectivity index (χ2v) is 7.34. The molecule has 2 unspecified atom stereocenters. The molecule has 2 atom stereocenters. The highest BCUT2D eigenvalue weighted by Gasteiger charge is 2.28. The van der Waals surface area contributed by atoms with Crippen LogP contribution in [0.3, 0.4) is 0 Å². The Hall–Kier alpha value is -1.74. The number of fused-ring (bicyclic) bond motifs is 1. The van der Waals surface area contributed by atoms with E-state index >= 15 is 0 Å². The molecule has 2 N–H and O–H groups in total. The number of allylic oxidation sites excluding steroid dienone is 2. The number of aryl methyl sites for hydroxylation is 1. The molecular formula is C21H30O3. The fourth-order valence-electron chi connectivity index (χ4n) is 2.99. The van der Waals surface area contributed by atoms with Gasteiger partial charge in [-0.05, 0) is 89.6 Å². The first-order valence-corrected chi connectivity index (χ1v) is 8.85. The maximum absolute atomic E-state index is 10.3. The number of hydrogen-bond donors (Lipinski definition) is 2. The van der Waals surface area contributed by atoms with Gasteiger partial charge in [-0.3, -0.25) is 0 Å². The van der Waals surface area contributed by atoms with Crippen LogP contribution in [0.25, 0.3) is 6.08 Å². The van der Waals surface area contributed by atoms with Crippen LogP contribution in [0.5, 0.6) is 11.5 Å². The molecule has 0 radical (unpaired) electrons. The lowest BCUT2D eigenvalue weighted by Crippen LogP contribution is -2.31. The largest absolute Gasteiger partial charge is 0.507 e. The van der Waals surface area contributed by atoms with Gasteiger partial charge in [0.1, 0.15) is 17.1 Å². The van der Waals surface area contributed by atoms with Gasteiger partial charge in [0.25, 0.3) is 0 Å². The van der Waals surface area contributed by atoms with Crippen LogP contribution in [0.1, 0.15) is 64.5 Å². The number of aliphatic hydroxyl groups excluding tert-OH is 1. The third kappa shape index (κ3) is 5.13. The second kappa shape index (κ2) is 7.89. The summed E-state index contributed by atoms with van der Waals surface area (Å²) in [6.07, 6.45) is 10.3. The molecule has 2 rings (SSSR count). The van der Waals surface area contributed by atoms with Crippen LogP contribution in [-0.4, -0.2) is 21.9 Å². The van der Waals surface area contributed by atoms with Crippen molar-refractivity contribution in [2.24, 2.45) is 0 Å². The van der Waals surface area contributed by atoms with Crippen LogP contribution >= 0.6 is 0 Å². The Morgan fingerprint density at radius 2 is 2.08 bits per heavy atom. The van der Waals surface area contributed by atoms with Gasteiger partial charge in [-0.15, -0.1) is 0 Å². The highest BCUT2D eigenvalue weighted by molar-refractivity contribution is 5.67. The van der Waals surface area contributed by atoms with Crippen molar-refractivity contribution in [2.75, 3.05) is 0 Å². The molecule has 0 aromatic heterocycles. The molecule has 0 fully saturated rings. The van der Waals surface area contributed by atoms with E-state index in [4.69, 9.17) is 4.74 Å². The standard InChI is InChI=1S/C21H30O3/c1-15(2)7-6-11-21(4)12-10-18-19(23)13-17(14-20(18)24-21)9-5-8-16(3)22/h7,10,12-14,16,22-23H,5-6,8-9,11H2,1-4H3. The molecule has 1 aliphatic rings. The molecule has 132 valence electrons. The summed E-state index contributed by atoms with van der Waals surface area (Å²) in [7, 11) is 0. The number of hydrogen-bond acceptors (Lipinski definition) is 3. The van der Waals surface area contributed by atoms with E-state index in [1.54, 1.807) is 13.0 Å². The third-order valence-electron chi connectivity index (χ3n) is 4.41. The normalized spacial score (nSPS) is 20.2. The molecule has 1 aliphatic heterocycles. The quantitative estimate of drug-likeness (QED) is 0.691. The van der Waals surface area contributed by atoms with Crippen molar-refractivity contribution in [3.63, 3.8) is 0 Å². The predicted molar refractivity (Wildman–Crippen MR) is 99.5 cm³/mol. The monoisotopic (exact) mass is 330 g/mol. The SMILES string of the molecule is CC(C)=CCCC1(C)C=Cc2c(O)cc(CCCC(C)O)cc2O1. The van der Waals surface area contributed by atoms with Crippen LogP contribution < -0.4 is 4.74 Å². The number of phenolic OH excluding ortho intramolecular Hbond substituents is 1. The van der Waals surface area contributed by atoms with E-state index in [0.717, 1.165) is 49.0 Å². The van der Waals surface area contributed by atoms with Crippen LogP contribution in [0.4, 0.5) is 0 Å². The summed E-state index contributed by atoms with van der Waals surface area (Å²) in [5.41, 5.74) is 2.78. The van der Waals surface area contributed by atoms with Crippen LogP contribution in [-0.2, 0) is 6.42 Å². The van der Waals surface area contributed by atoms with Crippen molar-refractivity contribution in [1.82, 2.24) is 0 Å².